The molecule has 0 radical (unpaired) electrons. The number of benzene rings is 2. The monoisotopic (exact) mass is 389 g/mol. The summed E-state index contributed by atoms with van der Waals surface area (Å²) in [6.07, 6.45) is 1.01. The smallest absolute Gasteiger partial charge is 0.387 e. The van der Waals surface area contributed by atoms with Gasteiger partial charge in [-0.05, 0) is 37.3 Å². The van der Waals surface area contributed by atoms with Crippen LogP contribution in [0.25, 0.3) is 0 Å². The average Bonchev–Trinajstić information content (AvgIpc) is 2.50. The fourth-order valence-electron chi connectivity index (χ4n) is 2.07. The van der Waals surface area contributed by atoms with E-state index in [-0.39, 0.29) is 26.9 Å². The summed E-state index contributed by atoms with van der Waals surface area (Å²) in [5.74, 6) is -0.753. The molecule has 25 heavy (non-hydrogen) atoms. The Labute approximate surface area is 148 Å². The van der Waals surface area contributed by atoms with Crippen molar-refractivity contribution >= 4 is 33.0 Å². The van der Waals surface area contributed by atoms with Crippen LogP contribution in [0.1, 0.15) is 15.9 Å². The van der Waals surface area contributed by atoms with E-state index in [1.54, 1.807) is 0 Å². The van der Waals surface area contributed by atoms with Crippen LogP contribution in [-0.2, 0) is 9.84 Å². The molecule has 0 saturated carbocycles. The van der Waals surface area contributed by atoms with Crippen LogP contribution in [0.2, 0.25) is 5.02 Å². The van der Waals surface area contributed by atoms with E-state index >= 15 is 0 Å². The second-order valence-corrected chi connectivity index (χ2v) is 7.60. The van der Waals surface area contributed by atoms with Crippen molar-refractivity contribution in [3.8, 4) is 5.75 Å². The van der Waals surface area contributed by atoms with E-state index in [2.05, 4.69) is 10.1 Å². The van der Waals surface area contributed by atoms with Crippen LogP contribution in [0.5, 0.6) is 5.75 Å². The molecule has 0 aliphatic carbocycles. The van der Waals surface area contributed by atoms with Crippen molar-refractivity contribution in [2.75, 3.05) is 11.6 Å². The number of hydrogen-bond acceptors (Lipinski definition) is 4. The highest BCUT2D eigenvalue weighted by atomic mass is 35.5. The largest absolute Gasteiger partial charge is 0.434 e. The van der Waals surface area contributed by atoms with E-state index in [0.717, 1.165) is 12.3 Å². The van der Waals surface area contributed by atoms with E-state index in [9.17, 15) is 22.0 Å². The van der Waals surface area contributed by atoms with Gasteiger partial charge in [0.05, 0.1) is 15.5 Å². The minimum absolute atomic E-state index is 0.0517. The number of ether oxygens (including phenoxy) is 1. The lowest BCUT2D eigenvalue weighted by molar-refractivity contribution is -0.0502. The first-order valence-electron chi connectivity index (χ1n) is 6.95. The molecule has 0 bridgehead atoms. The van der Waals surface area contributed by atoms with Crippen molar-refractivity contribution in [3.63, 3.8) is 0 Å². The predicted molar refractivity (Wildman–Crippen MR) is 90.3 cm³/mol. The lowest BCUT2D eigenvalue weighted by Crippen LogP contribution is -2.15. The fraction of sp³-hybridized carbons (Fsp3) is 0.188. The fourth-order valence-corrected chi connectivity index (χ4v) is 2.92. The Morgan fingerprint density at radius 3 is 2.52 bits per heavy atom. The zero-order valence-electron chi connectivity index (χ0n) is 13.2. The molecule has 0 spiro atoms. The van der Waals surface area contributed by atoms with E-state index in [1.165, 1.54) is 37.3 Å². The average molecular weight is 390 g/mol. The molecule has 0 unspecified atom stereocenters. The van der Waals surface area contributed by atoms with Crippen LogP contribution in [0.4, 0.5) is 14.5 Å². The Hall–Kier alpha value is -2.19. The molecule has 2 aromatic carbocycles. The summed E-state index contributed by atoms with van der Waals surface area (Å²) in [7, 11) is -3.52. The number of sulfone groups is 1. The summed E-state index contributed by atoms with van der Waals surface area (Å²) in [5, 5.41) is 2.57. The highest BCUT2D eigenvalue weighted by Gasteiger charge is 2.17. The molecule has 2 rings (SSSR count). The number of halogens is 3. The second-order valence-electron chi connectivity index (χ2n) is 5.18. The standard InChI is InChI=1S/C16H14ClF2NO4S/c1-9-13(4-3-5-14(9)24-16(18)19)20-15(21)11-8-10(25(2,22)23)6-7-12(11)17/h3-8,16H,1-2H3,(H,20,21). The normalized spacial score (nSPS) is 11.4. The lowest BCUT2D eigenvalue weighted by Gasteiger charge is -2.13. The molecular formula is C16H14ClF2NO4S. The van der Waals surface area contributed by atoms with Crippen molar-refractivity contribution in [2.24, 2.45) is 0 Å². The quantitative estimate of drug-likeness (QED) is 0.841. The Bertz CT molecular complexity index is 916. The van der Waals surface area contributed by atoms with Crippen molar-refractivity contribution in [3.05, 3.63) is 52.5 Å². The van der Waals surface area contributed by atoms with Gasteiger partial charge >= 0.3 is 6.61 Å². The maximum Gasteiger partial charge on any atom is 0.387 e. The zero-order valence-corrected chi connectivity index (χ0v) is 14.8. The van der Waals surface area contributed by atoms with Gasteiger partial charge in [-0.1, -0.05) is 17.7 Å². The number of anilines is 1. The Morgan fingerprint density at radius 1 is 1.24 bits per heavy atom. The van der Waals surface area contributed by atoms with Crippen LogP contribution >= 0.6 is 11.6 Å². The first-order chi connectivity index (χ1) is 11.6. The molecule has 134 valence electrons. The predicted octanol–water partition coefficient (Wildman–Crippen LogP) is 3.91. The zero-order chi connectivity index (χ0) is 18.8. The van der Waals surface area contributed by atoms with Gasteiger partial charge in [0.1, 0.15) is 5.75 Å². The van der Waals surface area contributed by atoms with Gasteiger partial charge in [0.2, 0.25) is 0 Å². The van der Waals surface area contributed by atoms with Crippen molar-refractivity contribution in [1.29, 1.82) is 0 Å². The summed E-state index contributed by atoms with van der Waals surface area (Å²) in [6, 6.07) is 8.03. The molecule has 0 saturated heterocycles. The first-order valence-corrected chi connectivity index (χ1v) is 9.22. The van der Waals surface area contributed by atoms with Crippen LogP contribution in [-0.4, -0.2) is 27.2 Å². The van der Waals surface area contributed by atoms with Gasteiger partial charge in [0, 0.05) is 17.5 Å². The van der Waals surface area contributed by atoms with Gasteiger partial charge in [-0.15, -0.1) is 0 Å². The summed E-state index contributed by atoms with van der Waals surface area (Å²) < 4.78 is 52.4. The van der Waals surface area contributed by atoms with E-state index in [1.807, 2.05) is 0 Å². The molecule has 1 N–H and O–H groups in total. The number of carbonyl (C=O) groups is 1. The molecule has 5 nitrogen and oxygen atoms in total. The maximum atomic E-state index is 12.4. The van der Waals surface area contributed by atoms with Crippen LogP contribution in [0, 0.1) is 6.92 Å². The van der Waals surface area contributed by atoms with Crippen LogP contribution in [0.15, 0.2) is 41.3 Å². The Kier molecular flexibility index (Phi) is 5.64. The second kappa shape index (κ2) is 7.37. The molecule has 0 fully saturated rings. The Balaban J connectivity index is 2.35. The number of alkyl halides is 2. The molecule has 0 heterocycles. The number of nitrogens with one attached hydrogen (secondary N) is 1. The number of hydrogen-bond donors (Lipinski definition) is 1. The van der Waals surface area contributed by atoms with Crippen LogP contribution in [0.3, 0.4) is 0 Å². The van der Waals surface area contributed by atoms with E-state index in [0.29, 0.717) is 5.56 Å². The van der Waals surface area contributed by atoms with Gasteiger partial charge in [0.15, 0.2) is 9.84 Å². The molecular weight excluding hydrogens is 376 g/mol. The Morgan fingerprint density at radius 2 is 1.92 bits per heavy atom. The summed E-state index contributed by atoms with van der Waals surface area (Å²) >= 11 is 5.97. The van der Waals surface area contributed by atoms with Crippen molar-refractivity contribution < 1.29 is 26.7 Å². The minimum atomic E-state index is -3.52. The van der Waals surface area contributed by atoms with Gasteiger partial charge in [-0.2, -0.15) is 8.78 Å². The lowest BCUT2D eigenvalue weighted by atomic mass is 10.1. The van der Waals surface area contributed by atoms with Crippen LogP contribution < -0.4 is 10.1 Å². The minimum Gasteiger partial charge on any atom is -0.434 e. The maximum absolute atomic E-state index is 12.4. The van der Waals surface area contributed by atoms with Gasteiger partial charge in [0.25, 0.3) is 5.91 Å². The van der Waals surface area contributed by atoms with Gasteiger partial charge in [-0.25, -0.2) is 8.42 Å². The van der Waals surface area contributed by atoms with E-state index in [4.69, 9.17) is 11.6 Å². The molecule has 0 aliphatic rings. The third kappa shape index (κ3) is 4.67. The van der Waals surface area contributed by atoms with Crippen molar-refractivity contribution in [1.82, 2.24) is 0 Å². The number of carbonyl (C=O) groups excluding carboxylic acids is 1. The molecule has 0 aromatic heterocycles. The highest BCUT2D eigenvalue weighted by Crippen LogP contribution is 2.28. The van der Waals surface area contributed by atoms with Gasteiger partial charge in [-0.3, -0.25) is 4.79 Å². The van der Waals surface area contributed by atoms with E-state index < -0.39 is 22.4 Å². The third-order valence-electron chi connectivity index (χ3n) is 3.36. The summed E-state index contributed by atoms with van der Waals surface area (Å²) in [5.41, 5.74) is 0.486. The summed E-state index contributed by atoms with van der Waals surface area (Å²) in [4.78, 5) is 12.4. The SMILES string of the molecule is Cc1c(NC(=O)c2cc(S(C)(=O)=O)ccc2Cl)cccc1OC(F)F. The molecule has 9 heteroatoms. The first kappa shape index (κ1) is 19.1. The topological polar surface area (TPSA) is 72.5 Å². The summed E-state index contributed by atoms with van der Waals surface area (Å²) in [6.45, 7) is -1.49. The number of amides is 1. The highest BCUT2D eigenvalue weighted by molar-refractivity contribution is 7.90. The van der Waals surface area contributed by atoms with Gasteiger partial charge < -0.3 is 10.1 Å². The molecule has 1 amide bonds. The number of rotatable bonds is 5. The molecule has 0 aliphatic heterocycles. The third-order valence-corrected chi connectivity index (χ3v) is 4.80. The van der Waals surface area contributed by atoms with Crippen molar-refractivity contribution in [2.45, 2.75) is 18.4 Å². The molecule has 0 atom stereocenters. The molecule has 2 aromatic rings.